The second-order valence-electron chi connectivity index (χ2n) is 4.71. The summed E-state index contributed by atoms with van der Waals surface area (Å²) in [6.07, 6.45) is 0.802. The van der Waals surface area contributed by atoms with Crippen molar-refractivity contribution in [1.82, 2.24) is 0 Å². The fourth-order valence-electron chi connectivity index (χ4n) is 2.20. The Morgan fingerprint density at radius 3 is 2.50 bits per heavy atom. The predicted octanol–water partition coefficient (Wildman–Crippen LogP) is 2.61. The van der Waals surface area contributed by atoms with Crippen LogP contribution in [-0.2, 0) is 10.2 Å². The highest BCUT2D eigenvalue weighted by Crippen LogP contribution is 2.42. The van der Waals surface area contributed by atoms with Crippen LogP contribution in [0, 0.1) is 0 Å². The zero-order chi connectivity index (χ0) is 12.4. The predicted molar refractivity (Wildman–Crippen MR) is 66.8 cm³/mol. The first kappa shape index (κ1) is 13.2. The van der Waals surface area contributed by atoms with Crippen LogP contribution < -0.4 is 5.73 Å². The van der Waals surface area contributed by atoms with Gasteiger partial charge in [0.1, 0.15) is 0 Å². The standard InChI is InChI=1S/C12H19NO2S/c1-4-12(8-10(14)15,11(2,3)13)9-6-5-7-16-9/h5-7H,4,8,13H2,1-3H3,(H,14,15). The lowest BCUT2D eigenvalue weighted by molar-refractivity contribution is -0.139. The van der Waals surface area contributed by atoms with Crippen molar-refractivity contribution in [2.24, 2.45) is 5.73 Å². The summed E-state index contributed by atoms with van der Waals surface area (Å²) in [4.78, 5) is 12.1. The van der Waals surface area contributed by atoms with Gasteiger partial charge < -0.3 is 10.8 Å². The van der Waals surface area contributed by atoms with Crippen molar-refractivity contribution in [3.05, 3.63) is 22.4 Å². The fraction of sp³-hybridized carbons (Fsp3) is 0.583. The maximum Gasteiger partial charge on any atom is 0.304 e. The summed E-state index contributed by atoms with van der Waals surface area (Å²) in [7, 11) is 0. The van der Waals surface area contributed by atoms with E-state index in [1.165, 1.54) is 0 Å². The van der Waals surface area contributed by atoms with Gasteiger partial charge in [0.2, 0.25) is 0 Å². The molecule has 1 rings (SSSR count). The number of hydrogen-bond acceptors (Lipinski definition) is 3. The fourth-order valence-corrected chi connectivity index (χ4v) is 3.36. The molecule has 0 aliphatic carbocycles. The third-order valence-corrected chi connectivity index (χ3v) is 4.36. The van der Waals surface area contributed by atoms with Gasteiger partial charge in [-0.25, -0.2) is 0 Å². The first-order chi connectivity index (χ1) is 7.33. The molecule has 0 aliphatic heterocycles. The highest BCUT2D eigenvalue weighted by Gasteiger charge is 2.44. The van der Waals surface area contributed by atoms with E-state index in [1.807, 2.05) is 38.3 Å². The Morgan fingerprint density at radius 2 is 2.19 bits per heavy atom. The van der Waals surface area contributed by atoms with Crippen LogP contribution in [0.5, 0.6) is 0 Å². The number of nitrogens with two attached hydrogens (primary N) is 1. The summed E-state index contributed by atoms with van der Waals surface area (Å²) in [6.45, 7) is 5.80. The molecule has 1 aromatic rings. The number of hydrogen-bond donors (Lipinski definition) is 2. The van der Waals surface area contributed by atoms with Crippen molar-refractivity contribution in [2.45, 2.75) is 44.6 Å². The number of thiophene rings is 1. The van der Waals surface area contributed by atoms with E-state index in [1.54, 1.807) is 11.3 Å². The van der Waals surface area contributed by atoms with Crippen LogP contribution in [0.3, 0.4) is 0 Å². The normalized spacial score (nSPS) is 15.8. The van der Waals surface area contributed by atoms with Crippen molar-refractivity contribution in [3.63, 3.8) is 0 Å². The van der Waals surface area contributed by atoms with Crippen LogP contribution in [0.25, 0.3) is 0 Å². The second kappa shape index (κ2) is 4.55. The maximum absolute atomic E-state index is 11.1. The zero-order valence-corrected chi connectivity index (χ0v) is 10.8. The lowest BCUT2D eigenvalue weighted by atomic mass is 9.67. The summed E-state index contributed by atoms with van der Waals surface area (Å²) in [5, 5.41) is 11.1. The summed E-state index contributed by atoms with van der Waals surface area (Å²) in [5.41, 5.74) is 5.18. The van der Waals surface area contributed by atoms with Crippen molar-refractivity contribution in [2.75, 3.05) is 0 Å². The number of aliphatic carboxylic acids is 1. The van der Waals surface area contributed by atoms with Gasteiger partial charge in [0, 0.05) is 15.8 Å². The molecule has 0 saturated carbocycles. The van der Waals surface area contributed by atoms with Gasteiger partial charge in [-0.15, -0.1) is 11.3 Å². The van der Waals surface area contributed by atoms with Crippen molar-refractivity contribution in [3.8, 4) is 0 Å². The molecule has 0 bridgehead atoms. The van der Waals surface area contributed by atoms with Gasteiger partial charge in [-0.1, -0.05) is 13.0 Å². The van der Waals surface area contributed by atoms with Gasteiger partial charge in [0.25, 0.3) is 0 Å². The van der Waals surface area contributed by atoms with E-state index in [9.17, 15) is 4.79 Å². The van der Waals surface area contributed by atoms with E-state index in [0.29, 0.717) is 0 Å². The Bertz CT molecular complexity index is 354. The number of carboxylic acids is 1. The van der Waals surface area contributed by atoms with Gasteiger partial charge in [-0.3, -0.25) is 4.79 Å². The third-order valence-electron chi connectivity index (χ3n) is 3.28. The molecule has 0 spiro atoms. The van der Waals surface area contributed by atoms with E-state index < -0.39 is 16.9 Å². The topological polar surface area (TPSA) is 63.3 Å². The van der Waals surface area contributed by atoms with E-state index in [-0.39, 0.29) is 6.42 Å². The molecular weight excluding hydrogens is 222 g/mol. The van der Waals surface area contributed by atoms with Gasteiger partial charge in [0.05, 0.1) is 6.42 Å². The molecule has 3 N–H and O–H groups in total. The van der Waals surface area contributed by atoms with Gasteiger partial charge >= 0.3 is 5.97 Å². The quantitative estimate of drug-likeness (QED) is 0.833. The highest BCUT2D eigenvalue weighted by atomic mass is 32.1. The Balaban J connectivity index is 3.24. The number of rotatable bonds is 5. The van der Waals surface area contributed by atoms with E-state index in [4.69, 9.17) is 10.8 Å². The third kappa shape index (κ3) is 2.28. The van der Waals surface area contributed by atoms with Crippen LogP contribution in [0.1, 0.15) is 38.5 Å². The SMILES string of the molecule is CCC(CC(=O)O)(c1cccs1)C(C)(C)N. The Kier molecular flexibility index (Phi) is 3.76. The van der Waals surface area contributed by atoms with Crippen molar-refractivity contribution >= 4 is 17.3 Å². The Hall–Kier alpha value is -0.870. The summed E-state index contributed by atoms with van der Waals surface area (Å²) in [6, 6.07) is 3.92. The van der Waals surface area contributed by atoms with Crippen LogP contribution in [0.2, 0.25) is 0 Å². The van der Waals surface area contributed by atoms with Gasteiger partial charge in [-0.2, -0.15) is 0 Å². The zero-order valence-electron chi connectivity index (χ0n) is 9.99. The minimum absolute atomic E-state index is 0.0769. The van der Waals surface area contributed by atoms with Crippen LogP contribution in [-0.4, -0.2) is 16.6 Å². The molecule has 1 aromatic heterocycles. The first-order valence-electron chi connectivity index (χ1n) is 5.38. The molecule has 16 heavy (non-hydrogen) atoms. The molecule has 0 fully saturated rings. The largest absolute Gasteiger partial charge is 0.481 e. The molecule has 0 aromatic carbocycles. The lowest BCUT2D eigenvalue weighted by Crippen LogP contribution is -2.54. The average Bonchev–Trinajstić information content (AvgIpc) is 2.64. The minimum Gasteiger partial charge on any atom is -0.481 e. The molecule has 90 valence electrons. The number of carboxylic acid groups (broad SMARTS) is 1. The highest BCUT2D eigenvalue weighted by molar-refractivity contribution is 7.10. The smallest absolute Gasteiger partial charge is 0.304 e. The van der Waals surface area contributed by atoms with Crippen LogP contribution in [0.15, 0.2) is 17.5 Å². The van der Waals surface area contributed by atoms with Crippen molar-refractivity contribution < 1.29 is 9.90 Å². The summed E-state index contributed by atoms with van der Waals surface area (Å²) in [5.74, 6) is -0.797. The van der Waals surface area contributed by atoms with Crippen molar-refractivity contribution in [1.29, 1.82) is 0 Å². The molecule has 3 nitrogen and oxygen atoms in total. The summed E-state index contributed by atoms with van der Waals surface area (Å²) >= 11 is 1.58. The average molecular weight is 241 g/mol. The molecule has 4 heteroatoms. The van der Waals surface area contributed by atoms with Gasteiger partial charge in [-0.05, 0) is 31.7 Å². The molecule has 1 unspecified atom stereocenters. The van der Waals surface area contributed by atoms with Crippen LogP contribution >= 0.6 is 11.3 Å². The van der Waals surface area contributed by atoms with Crippen LogP contribution in [0.4, 0.5) is 0 Å². The molecule has 0 aliphatic rings. The monoisotopic (exact) mass is 241 g/mol. The molecule has 1 atom stereocenters. The molecule has 1 heterocycles. The first-order valence-corrected chi connectivity index (χ1v) is 6.26. The molecular formula is C12H19NO2S. The van der Waals surface area contributed by atoms with E-state index in [0.717, 1.165) is 11.3 Å². The van der Waals surface area contributed by atoms with E-state index >= 15 is 0 Å². The maximum atomic E-state index is 11.1. The minimum atomic E-state index is -0.797. The van der Waals surface area contributed by atoms with Gasteiger partial charge in [0.15, 0.2) is 0 Å². The number of carbonyl (C=O) groups is 1. The molecule has 0 saturated heterocycles. The second-order valence-corrected chi connectivity index (χ2v) is 5.65. The molecule has 0 radical (unpaired) electrons. The summed E-state index contributed by atoms with van der Waals surface area (Å²) < 4.78 is 0. The Labute approximate surface area is 100 Å². The molecule has 0 amide bonds. The Morgan fingerprint density at radius 1 is 1.56 bits per heavy atom. The lowest BCUT2D eigenvalue weighted by Gasteiger charge is -2.42. The van der Waals surface area contributed by atoms with E-state index in [2.05, 4.69) is 0 Å².